The summed E-state index contributed by atoms with van der Waals surface area (Å²) < 4.78 is 0. The van der Waals surface area contributed by atoms with Gasteiger partial charge in [-0.15, -0.1) is 0 Å². The molecule has 0 saturated carbocycles. The van der Waals surface area contributed by atoms with E-state index in [-0.39, 0.29) is 16.3 Å². The molecule has 71 heavy (non-hydrogen) atoms. The van der Waals surface area contributed by atoms with E-state index in [1.54, 1.807) is 12.1 Å². The number of benzene rings is 2. The molecule has 0 bridgehead atoms. The largest absolute Gasteiger partial charge is 0.508 e. The Bertz CT molecular complexity index is 1840. The van der Waals surface area contributed by atoms with Gasteiger partial charge in [0.05, 0.1) is 25.7 Å². The quantitative estimate of drug-likeness (QED) is 0.0555. The molecule has 2 heterocycles. The van der Waals surface area contributed by atoms with Crippen molar-refractivity contribution in [1.82, 2.24) is 9.80 Å². The summed E-state index contributed by atoms with van der Waals surface area (Å²) in [6.45, 7) is 25.6. The van der Waals surface area contributed by atoms with E-state index >= 15 is 0 Å². The molecule has 0 amide bonds. The van der Waals surface area contributed by atoms with Crippen LogP contribution in [0.5, 0.6) is 11.5 Å². The molecule has 2 aliphatic rings. The fourth-order valence-corrected chi connectivity index (χ4v) is 9.56. The molecule has 19 nitrogen and oxygen atoms in total. The van der Waals surface area contributed by atoms with Crippen LogP contribution in [0.25, 0.3) is 0 Å². The lowest BCUT2D eigenvalue weighted by Gasteiger charge is -2.36. The molecule has 0 spiro atoms. The molecule has 2 fully saturated rings. The van der Waals surface area contributed by atoms with E-state index in [1.165, 1.54) is 102 Å². The summed E-state index contributed by atoms with van der Waals surface area (Å²) in [5.74, 6) is -9.24. The number of carbonyl (C=O) groups is 6. The van der Waals surface area contributed by atoms with Crippen molar-refractivity contribution in [2.24, 2.45) is 10.8 Å². The predicted octanol–water partition coefficient (Wildman–Crippen LogP) is 6.60. The molecule has 2 aromatic carbocycles. The summed E-state index contributed by atoms with van der Waals surface area (Å²) in [6, 6.07) is 15.9. The van der Waals surface area contributed by atoms with E-state index in [0.29, 0.717) is 22.3 Å². The SMILES string of the molecule is CCCCCN1CCC(CC(C)(C)C)(c2cccc(O)c2)C1.CCCCCN1CCC(CC(C)(C)C)(c2cccc(O)c2)C1.O.O=C(O)CC(O)(CC(=O)O)C(=O)O.O=C(O)CC(O)(CC(=O)O)C(=O)O. The Morgan fingerprint density at radius 1 is 0.521 bits per heavy atom. The maximum absolute atomic E-state index is 10.3. The fraction of sp³-hybridized carbons (Fsp3) is 0.654. The Morgan fingerprint density at radius 2 is 0.817 bits per heavy atom. The zero-order chi connectivity index (χ0) is 53.7. The number of rotatable bonds is 22. The highest BCUT2D eigenvalue weighted by Crippen LogP contribution is 2.45. The van der Waals surface area contributed by atoms with Crippen molar-refractivity contribution in [1.29, 1.82) is 0 Å². The minimum absolute atomic E-state index is 0. The van der Waals surface area contributed by atoms with E-state index in [9.17, 15) is 39.0 Å². The van der Waals surface area contributed by atoms with E-state index in [0.717, 1.165) is 13.1 Å². The third-order valence-electron chi connectivity index (χ3n) is 12.2. The average molecular weight is 1010 g/mol. The number of phenolic OH excluding ortho intramolecular Hbond substituents is 2. The van der Waals surface area contributed by atoms with Gasteiger partial charge in [-0.05, 0) is 111 Å². The zero-order valence-corrected chi connectivity index (χ0v) is 43.1. The van der Waals surface area contributed by atoms with Crippen molar-refractivity contribution in [2.45, 2.75) is 167 Å². The number of hydrogen-bond acceptors (Lipinski definition) is 12. The molecule has 12 N–H and O–H groups in total. The molecule has 19 heteroatoms. The average Bonchev–Trinajstić information content (AvgIpc) is 3.81. The molecular weight excluding hydrogens is 925 g/mol. The number of aromatic hydroxyl groups is 2. The Balaban J connectivity index is 0.000000947. The first-order valence-electron chi connectivity index (χ1n) is 24.1. The summed E-state index contributed by atoms with van der Waals surface area (Å²) in [5, 5.41) is 87.4. The third kappa shape index (κ3) is 24.1. The van der Waals surface area contributed by atoms with Gasteiger partial charge in [0.1, 0.15) is 11.5 Å². The zero-order valence-electron chi connectivity index (χ0n) is 43.1. The molecule has 0 radical (unpaired) electrons. The van der Waals surface area contributed by atoms with Crippen molar-refractivity contribution in [3.63, 3.8) is 0 Å². The van der Waals surface area contributed by atoms with Crippen LogP contribution in [0.4, 0.5) is 0 Å². The number of hydrogen-bond donors (Lipinski definition) is 10. The number of carboxylic acids is 6. The summed E-state index contributed by atoms with van der Waals surface area (Å²) in [4.78, 5) is 66.2. The molecule has 2 aromatic rings. The van der Waals surface area contributed by atoms with Gasteiger partial charge in [0.15, 0.2) is 11.2 Å². The van der Waals surface area contributed by atoms with Crippen molar-refractivity contribution < 1.29 is 85.3 Å². The monoisotopic (exact) mass is 1010 g/mol. The number of nitrogens with zero attached hydrogens (tertiary/aromatic N) is 2. The minimum atomic E-state index is -2.74. The molecule has 2 aliphatic heterocycles. The van der Waals surface area contributed by atoms with Crippen LogP contribution in [0.2, 0.25) is 0 Å². The van der Waals surface area contributed by atoms with Gasteiger partial charge >= 0.3 is 35.8 Å². The van der Waals surface area contributed by atoms with Crippen LogP contribution in [0, 0.1) is 10.8 Å². The lowest BCUT2D eigenvalue weighted by molar-refractivity contribution is -0.170. The van der Waals surface area contributed by atoms with Crippen molar-refractivity contribution in [3.05, 3.63) is 59.7 Å². The molecule has 2 unspecified atom stereocenters. The third-order valence-corrected chi connectivity index (χ3v) is 12.2. The first-order chi connectivity index (χ1) is 32.2. The second-order valence-corrected chi connectivity index (χ2v) is 21.6. The summed E-state index contributed by atoms with van der Waals surface area (Å²) in [7, 11) is 0. The second-order valence-electron chi connectivity index (χ2n) is 21.6. The molecular formula is C52H84N2O17. The van der Waals surface area contributed by atoms with Gasteiger partial charge in [-0.25, -0.2) is 9.59 Å². The highest BCUT2D eigenvalue weighted by atomic mass is 16.4. The van der Waals surface area contributed by atoms with Gasteiger partial charge < -0.3 is 66.3 Å². The first kappa shape index (κ1) is 65.7. The molecule has 404 valence electrons. The summed E-state index contributed by atoms with van der Waals surface area (Å²) in [6.07, 6.45) is 8.03. The maximum atomic E-state index is 10.3. The lowest BCUT2D eigenvalue weighted by Crippen LogP contribution is -2.42. The Hall–Kier alpha value is -5.34. The molecule has 2 atom stereocenters. The number of phenols is 2. The predicted molar refractivity (Wildman–Crippen MR) is 267 cm³/mol. The van der Waals surface area contributed by atoms with Gasteiger partial charge in [-0.2, -0.15) is 0 Å². The topological polar surface area (TPSA) is 343 Å². The molecule has 0 aliphatic carbocycles. The van der Waals surface area contributed by atoms with E-state index in [1.807, 2.05) is 24.3 Å². The van der Waals surface area contributed by atoms with Crippen LogP contribution in [0.15, 0.2) is 48.5 Å². The smallest absolute Gasteiger partial charge is 0.336 e. The number of unbranched alkanes of at least 4 members (excludes halogenated alkanes) is 4. The van der Waals surface area contributed by atoms with E-state index < -0.39 is 72.7 Å². The van der Waals surface area contributed by atoms with Crippen LogP contribution in [-0.2, 0) is 39.6 Å². The van der Waals surface area contributed by atoms with Crippen LogP contribution in [0.1, 0.15) is 156 Å². The van der Waals surface area contributed by atoms with Gasteiger partial charge in [0.25, 0.3) is 0 Å². The number of aliphatic carboxylic acids is 6. The van der Waals surface area contributed by atoms with Crippen LogP contribution < -0.4 is 0 Å². The Kier molecular flexibility index (Phi) is 27.0. The van der Waals surface area contributed by atoms with Gasteiger partial charge in [0, 0.05) is 23.9 Å². The van der Waals surface area contributed by atoms with Crippen LogP contribution in [-0.4, -0.2) is 153 Å². The minimum Gasteiger partial charge on any atom is -0.508 e. The lowest BCUT2D eigenvalue weighted by atomic mass is 9.69. The fourth-order valence-electron chi connectivity index (χ4n) is 9.56. The molecule has 4 rings (SSSR count). The van der Waals surface area contributed by atoms with E-state index in [4.69, 9.17) is 40.9 Å². The maximum Gasteiger partial charge on any atom is 0.336 e. The molecule has 2 saturated heterocycles. The standard InChI is InChI=1S/2C20H33NO.2C6H8O7.H2O/c2*1-5-6-7-12-21-13-11-20(16-21,15-19(2,3)4)17-9-8-10-18(22)14-17;2*7-3(8)1-6(13,5(11)12)2-4(9)10;/h2*8-10,14,22H,5-7,11-13,15-16H2,1-4H3;2*13H,1-2H2,(H,7,8)(H,9,10)(H,11,12);1H2. The second kappa shape index (κ2) is 29.2. The first-order valence-corrected chi connectivity index (χ1v) is 24.1. The van der Waals surface area contributed by atoms with Gasteiger partial charge in [0.2, 0.25) is 0 Å². The summed E-state index contributed by atoms with van der Waals surface area (Å²) in [5.41, 5.74) is -1.85. The van der Waals surface area contributed by atoms with Gasteiger partial charge in [-0.1, -0.05) is 105 Å². The highest BCUT2D eigenvalue weighted by molar-refractivity contribution is 5.88. The Labute approximate surface area is 418 Å². The molecule has 0 aromatic heterocycles. The number of carboxylic acid groups (broad SMARTS) is 6. The summed E-state index contributed by atoms with van der Waals surface area (Å²) >= 11 is 0. The van der Waals surface area contributed by atoms with E-state index in [2.05, 4.69) is 77.3 Å². The Morgan fingerprint density at radius 3 is 1.04 bits per heavy atom. The van der Waals surface area contributed by atoms with Gasteiger partial charge in [-0.3, -0.25) is 19.2 Å². The van der Waals surface area contributed by atoms with Crippen LogP contribution >= 0.6 is 0 Å². The number of aliphatic hydroxyl groups is 2. The van der Waals surface area contributed by atoms with Crippen molar-refractivity contribution >= 4 is 35.8 Å². The van der Waals surface area contributed by atoms with Crippen molar-refractivity contribution in [2.75, 3.05) is 39.3 Å². The number of likely N-dealkylation sites (tertiary alicyclic amines) is 2. The van der Waals surface area contributed by atoms with Crippen molar-refractivity contribution in [3.8, 4) is 11.5 Å². The van der Waals surface area contributed by atoms with Crippen LogP contribution in [0.3, 0.4) is 0 Å². The normalized spacial score (nSPS) is 18.3. The highest BCUT2D eigenvalue weighted by Gasteiger charge is 2.44.